The van der Waals surface area contributed by atoms with Crippen molar-refractivity contribution in [1.82, 2.24) is 4.90 Å². The van der Waals surface area contributed by atoms with E-state index >= 15 is 0 Å². The molecule has 4 heteroatoms. The number of aliphatic carboxylic acids is 1. The maximum atomic E-state index is 11.8. The molecular formula is C11H19NO3. The number of carbonyl (C=O) groups excluding carboxylic acids is 1. The Kier molecular flexibility index (Phi) is 4.12. The molecule has 0 aliphatic carbocycles. The summed E-state index contributed by atoms with van der Waals surface area (Å²) in [6.07, 6.45) is 3.85. The van der Waals surface area contributed by atoms with Crippen molar-refractivity contribution >= 4 is 11.9 Å². The van der Waals surface area contributed by atoms with Crippen molar-refractivity contribution in [2.75, 3.05) is 6.54 Å². The molecule has 0 aromatic rings. The Bertz CT molecular complexity index is 252. The lowest BCUT2D eigenvalue weighted by Gasteiger charge is -2.21. The van der Waals surface area contributed by atoms with Gasteiger partial charge in [0, 0.05) is 12.5 Å². The van der Waals surface area contributed by atoms with Crippen LogP contribution in [0.25, 0.3) is 0 Å². The van der Waals surface area contributed by atoms with Gasteiger partial charge in [-0.1, -0.05) is 19.8 Å². The summed E-state index contributed by atoms with van der Waals surface area (Å²) in [5.41, 5.74) is 0. The lowest BCUT2D eigenvalue weighted by atomic mass is 10.0. The molecule has 1 saturated heterocycles. The molecule has 0 radical (unpaired) electrons. The molecule has 1 rings (SSSR count). The Balaban J connectivity index is 2.52. The number of hydrogen-bond donors (Lipinski definition) is 1. The zero-order chi connectivity index (χ0) is 11.4. The van der Waals surface area contributed by atoms with Gasteiger partial charge in [-0.3, -0.25) is 4.79 Å². The third-order valence-corrected chi connectivity index (χ3v) is 3.08. The molecule has 15 heavy (non-hydrogen) atoms. The number of nitrogens with zero attached hydrogens (tertiary/aromatic N) is 1. The second kappa shape index (κ2) is 5.14. The van der Waals surface area contributed by atoms with Gasteiger partial charge in [-0.15, -0.1) is 0 Å². The Labute approximate surface area is 90.3 Å². The van der Waals surface area contributed by atoms with Crippen LogP contribution in [0.2, 0.25) is 0 Å². The molecule has 1 aliphatic rings. The molecule has 0 spiro atoms. The molecule has 1 amide bonds. The van der Waals surface area contributed by atoms with Crippen LogP contribution in [-0.2, 0) is 9.59 Å². The van der Waals surface area contributed by atoms with Gasteiger partial charge in [-0.05, 0) is 19.8 Å². The maximum Gasteiger partial charge on any atom is 0.326 e. The number of carbonyl (C=O) groups is 2. The van der Waals surface area contributed by atoms with Crippen LogP contribution in [0, 0.1) is 5.92 Å². The standard InChI is InChI=1S/C11H19NO3/c1-3-4-5-9-6-7-12(10(9)13)8(2)11(14)15/h8-9H,3-7H2,1-2H3,(H,14,15)/t8-,9-/m0/s1. The summed E-state index contributed by atoms with van der Waals surface area (Å²) in [4.78, 5) is 24.1. The van der Waals surface area contributed by atoms with Gasteiger partial charge in [-0.2, -0.15) is 0 Å². The lowest BCUT2D eigenvalue weighted by Crippen LogP contribution is -2.40. The van der Waals surface area contributed by atoms with Gasteiger partial charge in [-0.25, -0.2) is 4.79 Å². The second-order valence-corrected chi connectivity index (χ2v) is 4.17. The van der Waals surface area contributed by atoms with E-state index in [1.54, 1.807) is 6.92 Å². The largest absolute Gasteiger partial charge is 0.480 e. The molecule has 0 saturated carbocycles. The molecular weight excluding hydrogens is 194 g/mol. The SMILES string of the molecule is CCCC[C@H]1CCN([C@@H](C)C(=O)O)C1=O. The maximum absolute atomic E-state index is 11.8. The van der Waals surface area contributed by atoms with Crippen molar-refractivity contribution in [3.63, 3.8) is 0 Å². The summed E-state index contributed by atoms with van der Waals surface area (Å²) >= 11 is 0. The number of likely N-dealkylation sites (tertiary alicyclic amines) is 1. The molecule has 0 aromatic heterocycles. The topological polar surface area (TPSA) is 57.6 Å². The number of hydrogen-bond acceptors (Lipinski definition) is 2. The van der Waals surface area contributed by atoms with Crippen molar-refractivity contribution in [3.8, 4) is 0 Å². The third kappa shape index (κ3) is 2.70. The van der Waals surface area contributed by atoms with Crippen LogP contribution in [0.1, 0.15) is 39.5 Å². The van der Waals surface area contributed by atoms with Gasteiger partial charge in [0.2, 0.25) is 5.91 Å². The molecule has 1 fully saturated rings. The fourth-order valence-corrected chi connectivity index (χ4v) is 2.00. The van der Waals surface area contributed by atoms with Gasteiger partial charge in [0.25, 0.3) is 0 Å². The number of carboxylic acid groups (broad SMARTS) is 1. The van der Waals surface area contributed by atoms with E-state index in [0.717, 1.165) is 25.7 Å². The lowest BCUT2D eigenvalue weighted by molar-refractivity contribution is -0.148. The molecule has 1 N–H and O–H groups in total. The number of rotatable bonds is 5. The molecule has 0 bridgehead atoms. The number of amides is 1. The summed E-state index contributed by atoms with van der Waals surface area (Å²) in [6.45, 7) is 4.26. The normalized spacial score (nSPS) is 23.2. The highest BCUT2D eigenvalue weighted by molar-refractivity contribution is 5.86. The van der Waals surface area contributed by atoms with Gasteiger partial charge in [0.05, 0.1) is 0 Å². The minimum Gasteiger partial charge on any atom is -0.480 e. The van der Waals surface area contributed by atoms with Gasteiger partial charge in [0.1, 0.15) is 6.04 Å². The van der Waals surface area contributed by atoms with E-state index in [4.69, 9.17) is 5.11 Å². The van der Waals surface area contributed by atoms with Gasteiger partial charge < -0.3 is 10.0 Å². The Morgan fingerprint density at radius 2 is 2.33 bits per heavy atom. The van der Waals surface area contributed by atoms with E-state index in [1.165, 1.54) is 4.90 Å². The minimum absolute atomic E-state index is 0.0263. The van der Waals surface area contributed by atoms with E-state index in [9.17, 15) is 9.59 Å². The zero-order valence-electron chi connectivity index (χ0n) is 9.40. The summed E-state index contributed by atoms with van der Waals surface area (Å²) < 4.78 is 0. The van der Waals surface area contributed by atoms with Crippen molar-refractivity contribution in [2.24, 2.45) is 5.92 Å². The van der Waals surface area contributed by atoms with E-state index in [2.05, 4.69) is 6.92 Å². The molecule has 86 valence electrons. The Morgan fingerprint density at radius 3 is 2.87 bits per heavy atom. The van der Waals surface area contributed by atoms with Crippen molar-refractivity contribution in [2.45, 2.75) is 45.6 Å². The van der Waals surface area contributed by atoms with E-state index in [0.29, 0.717) is 6.54 Å². The molecule has 0 unspecified atom stereocenters. The predicted octanol–water partition coefficient (Wildman–Crippen LogP) is 1.50. The van der Waals surface area contributed by atoms with Gasteiger partial charge in [0.15, 0.2) is 0 Å². The smallest absolute Gasteiger partial charge is 0.326 e. The molecule has 4 nitrogen and oxygen atoms in total. The predicted molar refractivity (Wildman–Crippen MR) is 56.4 cm³/mol. The highest BCUT2D eigenvalue weighted by Crippen LogP contribution is 2.24. The van der Waals surface area contributed by atoms with Crippen LogP contribution in [0.4, 0.5) is 0 Å². The van der Waals surface area contributed by atoms with Crippen molar-refractivity contribution < 1.29 is 14.7 Å². The fraction of sp³-hybridized carbons (Fsp3) is 0.818. The van der Waals surface area contributed by atoms with Crippen LogP contribution in [0.15, 0.2) is 0 Å². The number of unbranched alkanes of at least 4 members (excludes halogenated alkanes) is 1. The van der Waals surface area contributed by atoms with Crippen LogP contribution in [0.5, 0.6) is 0 Å². The first-order valence-electron chi connectivity index (χ1n) is 5.61. The highest BCUT2D eigenvalue weighted by atomic mass is 16.4. The van der Waals surface area contributed by atoms with Gasteiger partial charge >= 0.3 is 5.97 Å². The van der Waals surface area contributed by atoms with E-state index in [1.807, 2.05) is 0 Å². The van der Waals surface area contributed by atoms with E-state index in [-0.39, 0.29) is 11.8 Å². The summed E-state index contributed by atoms with van der Waals surface area (Å²) in [7, 11) is 0. The third-order valence-electron chi connectivity index (χ3n) is 3.08. The summed E-state index contributed by atoms with van der Waals surface area (Å²) in [5, 5.41) is 8.83. The fourth-order valence-electron chi connectivity index (χ4n) is 2.00. The van der Waals surface area contributed by atoms with Crippen LogP contribution >= 0.6 is 0 Å². The Hall–Kier alpha value is -1.06. The van der Waals surface area contributed by atoms with Crippen LogP contribution < -0.4 is 0 Å². The van der Waals surface area contributed by atoms with Crippen LogP contribution in [0.3, 0.4) is 0 Å². The molecule has 0 aromatic carbocycles. The first-order valence-corrected chi connectivity index (χ1v) is 5.61. The van der Waals surface area contributed by atoms with Crippen molar-refractivity contribution in [3.05, 3.63) is 0 Å². The quantitative estimate of drug-likeness (QED) is 0.753. The molecule has 1 aliphatic heterocycles. The minimum atomic E-state index is -0.917. The van der Waals surface area contributed by atoms with Crippen molar-refractivity contribution in [1.29, 1.82) is 0 Å². The molecule has 2 atom stereocenters. The first kappa shape index (κ1) is 12.0. The first-order chi connectivity index (χ1) is 7.07. The second-order valence-electron chi connectivity index (χ2n) is 4.17. The average Bonchev–Trinajstić information content (AvgIpc) is 2.55. The number of carboxylic acids is 1. The highest BCUT2D eigenvalue weighted by Gasteiger charge is 2.35. The van der Waals surface area contributed by atoms with E-state index < -0.39 is 12.0 Å². The average molecular weight is 213 g/mol. The monoisotopic (exact) mass is 213 g/mol. The summed E-state index contributed by atoms with van der Waals surface area (Å²) in [5.74, 6) is -0.829. The zero-order valence-corrected chi connectivity index (χ0v) is 9.40. The van der Waals surface area contributed by atoms with Crippen LogP contribution in [-0.4, -0.2) is 34.5 Å². The summed E-state index contributed by atoms with van der Waals surface area (Å²) in [6, 6.07) is -0.677. The molecule has 1 heterocycles. The Morgan fingerprint density at radius 1 is 1.67 bits per heavy atom.